The van der Waals surface area contributed by atoms with Gasteiger partial charge in [0.1, 0.15) is 0 Å². The van der Waals surface area contributed by atoms with Crippen LogP contribution in [-0.2, 0) is 6.54 Å². The molecule has 1 heteroatoms. The fourth-order valence-electron chi connectivity index (χ4n) is 2.69. The molecule has 0 unspecified atom stereocenters. The van der Waals surface area contributed by atoms with Gasteiger partial charge in [0.05, 0.1) is 0 Å². The summed E-state index contributed by atoms with van der Waals surface area (Å²) in [5.41, 5.74) is 3.96. The molecule has 3 aromatic rings. The van der Waals surface area contributed by atoms with E-state index in [0.29, 0.717) is 0 Å². The second-order valence-electron chi connectivity index (χ2n) is 5.47. The summed E-state index contributed by atoms with van der Waals surface area (Å²) in [4.78, 5) is 2.21. The van der Waals surface area contributed by atoms with Gasteiger partial charge in [-0.05, 0) is 53.7 Å². The predicted molar refractivity (Wildman–Crippen MR) is 86.8 cm³/mol. The molecule has 0 atom stereocenters. The van der Waals surface area contributed by atoms with Crippen LogP contribution in [-0.4, -0.2) is 19.0 Å². The van der Waals surface area contributed by atoms with Gasteiger partial charge >= 0.3 is 0 Å². The van der Waals surface area contributed by atoms with Gasteiger partial charge in [0.25, 0.3) is 0 Å². The Bertz CT molecular complexity index is 714. The minimum atomic E-state index is 0.963. The Morgan fingerprint density at radius 1 is 0.800 bits per heavy atom. The maximum atomic E-state index is 2.32. The van der Waals surface area contributed by atoms with Crippen molar-refractivity contribution in [3.05, 3.63) is 72.3 Å². The Morgan fingerprint density at radius 2 is 1.50 bits per heavy atom. The van der Waals surface area contributed by atoms with E-state index in [1.165, 1.54) is 27.5 Å². The van der Waals surface area contributed by atoms with Crippen molar-refractivity contribution in [1.29, 1.82) is 0 Å². The van der Waals surface area contributed by atoms with E-state index in [-0.39, 0.29) is 0 Å². The van der Waals surface area contributed by atoms with E-state index in [0.717, 1.165) is 6.54 Å². The van der Waals surface area contributed by atoms with Crippen LogP contribution in [0.15, 0.2) is 66.7 Å². The topological polar surface area (TPSA) is 3.24 Å². The van der Waals surface area contributed by atoms with Gasteiger partial charge in [0.15, 0.2) is 0 Å². The summed E-state index contributed by atoms with van der Waals surface area (Å²) in [7, 11) is 4.22. The number of nitrogens with zero attached hydrogens (tertiary/aromatic N) is 1. The molecule has 3 aromatic carbocycles. The molecular formula is C19H19N. The SMILES string of the molecule is CN(C)Cc1cc(-c2ccccc2)c2ccccc2c1. The zero-order valence-corrected chi connectivity index (χ0v) is 12.0. The smallest absolute Gasteiger partial charge is 0.0228 e. The van der Waals surface area contributed by atoms with Gasteiger partial charge in [-0.2, -0.15) is 0 Å². The first-order chi connectivity index (χ1) is 9.74. The monoisotopic (exact) mass is 261 g/mol. The van der Waals surface area contributed by atoms with Gasteiger partial charge in [0.2, 0.25) is 0 Å². The third-order valence-electron chi connectivity index (χ3n) is 3.51. The standard InChI is InChI=1S/C19H19N/c1-20(2)14-15-12-17-10-6-7-11-18(17)19(13-15)16-8-4-3-5-9-16/h3-13H,14H2,1-2H3. The van der Waals surface area contributed by atoms with E-state index in [1.54, 1.807) is 0 Å². The summed E-state index contributed by atoms with van der Waals surface area (Å²) >= 11 is 0. The molecule has 0 aliphatic heterocycles. The van der Waals surface area contributed by atoms with Gasteiger partial charge < -0.3 is 4.90 Å². The van der Waals surface area contributed by atoms with Crippen LogP contribution in [0.2, 0.25) is 0 Å². The summed E-state index contributed by atoms with van der Waals surface area (Å²) in [5.74, 6) is 0. The van der Waals surface area contributed by atoms with Gasteiger partial charge in [-0.25, -0.2) is 0 Å². The van der Waals surface area contributed by atoms with Crippen LogP contribution < -0.4 is 0 Å². The fraction of sp³-hybridized carbons (Fsp3) is 0.158. The third-order valence-corrected chi connectivity index (χ3v) is 3.51. The minimum Gasteiger partial charge on any atom is -0.305 e. The molecule has 0 amide bonds. The zero-order chi connectivity index (χ0) is 13.9. The molecular weight excluding hydrogens is 242 g/mol. The highest BCUT2D eigenvalue weighted by molar-refractivity contribution is 5.97. The zero-order valence-electron chi connectivity index (χ0n) is 12.0. The molecule has 0 saturated carbocycles. The molecule has 100 valence electrons. The van der Waals surface area contributed by atoms with Crippen LogP contribution >= 0.6 is 0 Å². The third kappa shape index (κ3) is 2.59. The number of hydrogen-bond acceptors (Lipinski definition) is 1. The molecule has 0 aromatic heterocycles. The average molecular weight is 261 g/mol. The lowest BCUT2D eigenvalue weighted by atomic mass is 9.95. The maximum Gasteiger partial charge on any atom is 0.0228 e. The predicted octanol–water partition coefficient (Wildman–Crippen LogP) is 4.57. The molecule has 0 aliphatic rings. The van der Waals surface area contributed by atoms with Crippen molar-refractivity contribution in [3.8, 4) is 11.1 Å². The molecule has 0 fully saturated rings. The lowest BCUT2D eigenvalue weighted by Crippen LogP contribution is -2.10. The fourth-order valence-corrected chi connectivity index (χ4v) is 2.69. The lowest BCUT2D eigenvalue weighted by Gasteiger charge is -2.14. The molecule has 0 spiro atoms. The Labute approximate surface area is 120 Å². The van der Waals surface area contributed by atoms with Crippen LogP contribution in [0.25, 0.3) is 21.9 Å². The molecule has 1 nitrogen and oxygen atoms in total. The van der Waals surface area contributed by atoms with Crippen molar-refractivity contribution in [1.82, 2.24) is 4.90 Å². The molecule has 0 saturated heterocycles. The van der Waals surface area contributed by atoms with Crippen molar-refractivity contribution in [2.24, 2.45) is 0 Å². The first-order valence-corrected chi connectivity index (χ1v) is 6.96. The summed E-state index contributed by atoms with van der Waals surface area (Å²) in [6.07, 6.45) is 0. The number of rotatable bonds is 3. The van der Waals surface area contributed by atoms with Crippen molar-refractivity contribution < 1.29 is 0 Å². The van der Waals surface area contributed by atoms with Crippen molar-refractivity contribution in [2.45, 2.75) is 6.54 Å². The Balaban J connectivity index is 2.23. The lowest BCUT2D eigenvalue weighted by molar-refractivity contribution is 0.403. The minimum absolute atomic E-state index is 0.963. The second-order valence-corrected chi connectivity index (χ2v) is 5.47. The first-order valence-electron chi connectivity index (χ1n) is 6.96. The van der Waals surface area contributed by atoms with Gasteiger partial charge in [0, 0.05) is 6.54 Å². The summed E-state index contributed by atoms with van der Waals surface area (Å²) in [6.45, 7) is 0.963. The van der Waals surface area contributed by atoms with Crippen LogP contribution in [0, 0.1) is 0 Å². The highest BCUT2D eigenvalue weighted by Crippen LogP contribution is 2.30. The van der Waals surface area contributed by atoms with E-state index >= 15 is 0 Å². The number of hydrogen-bond donors (Lipinski definition) is 0. The quantitative estimate of drug-likeness (QED) is 0.667. The van der Waals surface area contributed by atoms with Crippen LogP contribution in [0.1, 0.15) is 5.56 Å². The van der Waals surface area contributed by atoms with Gasteiger partial charge in [-0.15, -0.1) is 0 Å². The van der Waals surface area contributed by atoms with E-state index in [4.69, 9.17) is 0 Å². The second kappa shape index (κ2) is 5.48. The number of fused-ring (bicyclic) bond motifs is 1. The molecule has 0 N–H and O–H groups in total. The van der Waals surface area contributed by atoms with Crippen LogP contribution in [0.5, 0.6) is 0 Å². The highest BCUT2D eigenvalue weighted by atomic mass is 15.0. The first kappa shape index (κ1) is 12.9. The average Bonchev–Trinajstić information content (AvgIpc) is 2.47. The largest absolute Gasteiger partial charge is 0.305 e. The van der Waals surface area contributed by atoms with Crippen LogP contribution in [0.4, 0.5) is 0 Å². The van der Waals surface area contributed by atoms with Crippen LogP contribution in [0.3, 0.4) is 0 Å². The number of benzene rings is 3. The Morgan fingerprint density at radius 3 is 2.25 bits per heavy atom. The highest BCUT2D eigenvalue weighted by Gasteiger charge is 2.06. The molecule has 0 aliphatic carbocycles. The van der Waals surface area contributed by atoms with Crippen molar-refractivity contribution >= 4 is 10.8 Å². The van der Waals surface area contributed by atoms with E-state index in [9.17, 15) is 0 Å². The van der Waals surface area contributed by atoms with Gasteiger partial charge in [-0.1, -0.05) is 54.6 Å². The Hall–Kier alpha value is -2.12. The molecule has 0 heterocycles. The van der Waals surface area contributed by atoms with E-state index in [2.05, 4.69) is 85.7 Å². The normalized spacial score (nSPS) is 11.2. The van der Waals surface area contributed by atoms with Gasteiger partial charge in [-0.3, -0.25) is 0 Å². The van der Waals surface area contributed by atoms with E-state index in [1.807, 2.05) is 0 Å². The van der Waals surface area contributed by atoms with E-state index < -0.39 is 0 Å². The maximum absolute atomic E-state index is 2.32. The molecule has 3 rings (SSSR count). The molecule has 0 radical (unpaired) electrons. The Kier molecular flexibility index (Phi) is 3.53. The summed E-state index contributed by atoms with van der Waals surface area (Å²) < 4.78 is 0. The molecule has 0 bridgehead atoms. The molecule has 20 heavy (non-hydrogen) atoms. The summed E-state index contributed by atoms with van der Waals surface area (Å²) in [6, 6.07) is 23.9. The van der Waals surface area contributed by atoms with Crippen molar-refractivity contribution in [2.75, 3.05) is 14.1 Å². The van der Waals surface area contributed by atoms with Crippen molar-refractivity contribution in [3.63, 3.8) is 0 Å². The summed E-state index contributed by atoms with van der Waals surface area (Å²) in [5, 5.41) is 2.63.